The second kappa shape index (κ2) is 7.01. The maximum Gasteiger partial charge on any atom is 0.326 e. The molecule has 3 N–H and O–H groups in total. The molecule has 3 aromatic heterocycles. The highest BCUT2D eigenvalue weighted by Crippen LogP contribution is 2.30. The molecule has 5 rings (SSSR count). The highest BCUT2D eigenvalue weighted by atomic mass is 16.2. The van der Waals surface area contributed by atoms with Gasteiger partial charge in [0, 0.05) is 17.8 Å². The number of rotatable bonds is 4. The molecule has 3 heterocycles. The van der Waals surface area contributed by atoms with Gasteiger partial charge in [0.05, 0.1) is 11.0 Å². The molecule has 1 saturated carbocycles. The number of hydrogen-bond acceptors (Lipinski definition) is 5. The predicted octanol–water partition coefficient (Wildman–Crippen LogP) is 2.88. The largest absolute Gasteiger partial charge is 0.326 e. The Balaban J connectivity index is 1.39. The van der Waals surface area contributed by atoms with Crippen molar-refractivity contribution in [3.8, 4) is 11.5 Å². The topological polar surface area (TPSA) is 121 Å². The van der Waals surface area contributed by atoms with E-state index < -0.39 is 0 Å². The summed E-state index contributed by atoms with van der Waals surface area (Å²) < 4.78 is 1.82. The number of imidazole rings is 1. The van der Waals surface area contributed by atoms with Gasteiger partial charge in [0.1, 0.15) is 5.69 Å². The van der Waals surface area contributed by atoms with Crippen molar-refractivity contribution in [1.29, 1.82) is 0 Å². The number of fused-ring (bicyclic) bond motifs is 1. The van der Waals surface area contributed by atoms with Gasteiger partial charge in [-0.05, 0) is 43.2 Å². The SMILES string of the molecule is O=C(Nc1n[nH]c(-c2ccccn2)n1)c1ccc2c(c1)[nH]c(=O)n2C1CCCC1. The quantitative estimate of drug-likeness (QED) is 0.495. The molecular weight excluding hydrogens is 370 g/mol. The molecule has 1 amide bonds. The lowest BCUT2D eigenvalue weighted by Gasteiger charge is -2.11. The zero-order valence-electron chi connectivity index (χ0n) is 15.6. The average Bonchev–Trinajstić information content (AvgIpc) is 3.47. The number of benzene rings is 1. The fourth-order valence-corrected chi connectivity index (χ4v) is 3.91. The summed E-state index contributed by atoms with van der Waals surface area (Å²) in [5.41, 5.74) is 2.40. The van der Waals surface area contributed by atoms with E-state index in [1.54, 1.807) is 24.4 Å². The zero-order valence-corrected chi connectivity index (χ0v) is 15.6. The van der Waals surface area contributed by atoms with E-state index in [-0.39, 0.29) is 23.6 Å². The van der Waals surface area contributed by atoms with Gasteiger partial charge in [-0.15, -0.1) is 5.10 Å². The first kappa shape index (κ1) is 17.4. The van der Waals surface area contributed by atoms with Crippen molar-refractivity contribution < 1.29 is 4.79 Å². The van der Waals surface area contributed by atoms with Gasteiger partial charge in [-0.1, -0.05) is 18.9 Å². The molecule has 146 valence electrons. The number of aromatic amines is 2. The van der Waals surface area contributed by atoms with Gasteiger partial charge in [0.25, 0.3) is 5.91 Å². The van der Waals surface area contributed by atoms with E-state index in [9.17, 15) is 9.59 Å². The van der Waals surface area contributed by atoms with Crippen molar-refractivity contribution in [3.05, 3.63) is 58.6 Å². The number of carbonyl (C=O) groups excluding carboxylic acids is 1. The fourth-order valence-electron chi connectivity index (χ4n) is 3.91. The van der Waals surface area contributed by atoms with Crippen LogP contribution >= 0.6 is 0 Å². The van der Waals surface area contributed by atoms with Crippen LogP contribution in [0.5, 0.6) is 0 Å². The van der Waals surface area contributed by atoms with E-state index in [4.69, 9.17) is 0 Å². The summed E-state index contributed by atoms with van der Waals surface area (Å²) in [6.07, 6.45) is 5.96. The van der Waals surface area contributed by atoms with Crippen LogP contribution < -0.4 is 11.0 Å². The number of amides is 1. The molecule has 1 aromatic carbocycles. The van der Waals surface area contributed by atoms with Gasteiger partial charge in [0.2, 0.25) is 5.95 Å². The first-order valence-electron chi connectivity index (χ1n) is 9.58. The lowest BCUT2D eigenvalue weighted by Crippen LogP contribution is -2.20. The predicted molar refractivity (Wildman–Crippen MR) is 108 cm³/mol. The minimum atomic E-state index is -0.354. The number of carbonyl (C=O) groups is 1. The molecule has 0 spiro atoms. The number of anilines is 1. The third kappa shape index (κ3) is 3.20. The van der Waals surface area contributed by atoms with Crippen LogP contribution in [0, 0.1) is 0 Å². The van der Waals surface area contributed by atoms with Crippen molar-refractivity contribution >= 4 is 22.9 Å². The first-order chi connectivity index (χ1) is 14.2. The summed E-state index contributed by atoms with van der Waals surface area (Å²) in [6.45, 7) is 0. The van der Waals surface area contributed by atoms with E-state index >= 15 is 0 Å². The number of H-pyrrole nitrogens is 2. The third-order valence-electron chi connectivity index (χ3n) is 5.29. The Morgan fingerprint density at radius 2 is 2.03 bits per heavy atom. The minimum absolute atomic E-state index is 0.126. The standard InChI is InChI=1S/C20H19N7O2/c28-18(24-19-23-17(25-26-19)14-7-3-4-10-21-14)12-8-9-16-15(11-12)22-20(29)27(16)13-5-1-2-6-13/h3-4,7-11,13H,1-2,5-6H2,(H,22,29)(H2,23,24,25,26,28). The summed E-state index contributed by atoms with van der Waals surface area (Å²) in [4.78, 5) is 36.4. The highest BCUT2D eigenvalue weighted by molar-refractivity contribution is 6.05. The molecule has 4 aromatic rings. The summed E-state index contributed by atoms with van der Waals surface area (Å²) in [7, 11) is 0. The molecule has 0 aliphatic heterocycles. The van der Waals surface area contributed by atoms with Crippen LogP contribution in [0.15, 0.2) is 47.4 Å². The Labute approximate surface area is 165 Å². The molecule has 0 unspecified atom stereocenters. The summed E-state index contributed by atoms with van der Waals surface area (Å²) in [6, 6.07) is 10.9. The lowest BCUT2D eigenvalue weighted by atomic mass is 10.1. The van der Waals surface area contributed by atoms with Crippen LogP contribution in [0.3, 0.4) is 0 Å². The number of hydrogen-bond donors (Lipinski definition) is 3. The molecule has 1 fully saturated rings. The smallest absolute Gasteiger partial charge is 0.306 e. The van der Waals surface area contributed by atoms with Gasteiger partial charge < -0.3 is 4.98 Å². The second-order valence-electron chi connectivity index (χ2n) is 7.15. The molecule has 1 aliphatic rings. The van der Waals surface area contributed by atoms with Crippen LogP contribution in [0.4, 0.5) is 5.95 Å². The normalized spacial score (nSPS) is 14.5. The van der Waals surface area contributed by atoms with Gasteiger partial charge >= 0.3 is 5.69 Å². The van der Waals surface area contributed by atoms with E-state index in [1.807, 2.05) is 22.8 Å². The molecule has 0 saturated heterocycles. The Hall–Kier alpha value is -3.75. The second-order valence-corrected chi connectivity index (χ2v) is 7.15. The van der Waals surface area contributed by atoms with Crippen molar-refractivity contribution in [2.45, 2.75) is 31.7 Å². The Bertz CT molecular complexity index is 1230. The van der Waals surface area contributed by atoms with Crippen molar-refractivity contribution in [1.82, 2.24) is 29.7 Å². The van der Waals surface area contributed by atoms with Gasteiger partial charge in [0.15, 0.2) is 5.82 Å². The molecule has 9 nitrogen and oxygen atoms in total. The highest BCUT2D eigenvalue weighted by Gasteiger charge is 2.21. The molecule has 0 radical (unpaired) electrons. The fraction of sp³-hybridized carbons (Fsp3) is 0.250. The number of nitrogens with one attached hydrogen (secondary N) is 3. The van der Waals surface area contributed by atoms with Crippen LogP contribution in [0.1, 0.15) is 42.1 Å². The minimum Gasteiger partial charge on any atom is -0.306 e. The van der Waals surface area contributed by atoms with Crippen LogP contribution in [-0.2, 0) is 0 Å². The van der Waals surface area contributed by atoms with Crippen molar-refractivity contribution in [2.75, 3.05) is 5.32 Å². The Morgan fingerprint density at radius 1 is 1.17 bits per heavy atom. The van der Waals surface area contributed by atoms with E-state index in [1.165, 1.54) is 0 Å². The molecule has 0 atom stereocenters. The Kier molecular flexibility index (Phi) is 4.19. The zero-order chi connectivity index (χ0) is 19.8. The number of nitrogens with zero attached hydrogens (tertiary/aromatic N) is 4. The molecule has 0 bridgehead atoms. The first-order valence-corrected chi connectivity index (χ1v) is 9.58. The van der Waals surface area contributed by atoms with E-state index in [0.29, 0.717) is 22.6 Å². The number of aromatic nitrogens is 6. The summed E-state index contributed by atoms with van der Waals surface area (Å²) in [5.74, 6) is 0.273. The monoisotopic (exact) mass is 389 g/mol. The van der Waals surface area contributed by atoms with Crippen molar-refractivity contribution in [2.24, 2.45) is 0 Å². The van der Waals surface area contributed by atoms with E-state index in [2.05, 4.69) is 30.5 Å². The van der Waals surface area contributed by atoms with Gasteiger partial charge in [-0.3, -0.25) is 24.8 Å². The maximum absolute atomic E-state index is 12.6. The molecule has 9 heteroatoms. The molecule has 29 heavy (non-hydrogen) atoms. The summed E-state index contributed by atoms with van der Waals surface area (Å²) in [5, 5.41) is 9.45. The Morgan fingerprint density at radius 3 is 2.83 bits per heavy atom. The van der Waals surface area contributed by atoms with Gasteiger partial charge in [-0.25, -0.2) is 4.79 Å². The van der Waals surface area contributed by atoms with Crippen LogP contribution in [0.2, 0.25) is 0 Å². The molecule has 1 aliphatic carbocycles. The van der Waals surface area contributed by atoms with Gasteiger partial charge in [-0.2, -0.15) is 4.98 Å². The molecular formula is C20H19N7O2. The van der Waals surface area contributed by atoms with Crippen LogP contribution in [0.25, 0.3) is 22.6 Å². The maximum atomic E-state index is 12.6. The lowest BCUT2D eigenvalue weighted by molar-refractivity contribution is 0.102. The average molecular weight is 389 g/mol. The van der Waals surface area contributed by atoms with Crippen molar-refractivity contribution in [3.63, 3.8) is 0 Å². The van der Waals surface area contributed by atoms with Crippen LogP contribution in [-0.4, -0.2) is 35.6 Å². The number of pyridine rings is 1. The van der Waals surface area contributed by atoms with E-state index in [0.717, 1.165) is 31.2 Å². The summed E-state index contributed by atoms with van der Waals surface area (Å²) >= 11 is 0. The third-order valence-corrected chi connectivity index (χ3v) is 5.29.